The molecule has 1 amide bonds. The van der Waals surface area contributed by atoms with Crippen molar-refractivity contribution < 1.29 is 9.53 Å². The minimum Gasteiger partial charge on any atom is -0.449 e. The average Bonchev–Trinajstić information content (AvgIpc) is 2.37. The van der Waals surface area contributed by atoms with Crippen molar-refractivity contribution in [2.24, 2.45) is 5.92 Å². The number of aromatic nitrogens is 1. The highest BCUT2D eigenvalue weighted by Gasteiger charge is 2.07. The molecule has 0 aliphatic heterocycles. The second-order valence-electron chi connectivity index (χ2n) is 4.50. The van der Waals surface area contributed by atoms with Gasteiger partial charge in [-0.2, -0.15) is 0 Å². The number of carbonyl (C=O) groups is 1. The van der Waals surface area contributed by atoms with Crippen LogP contribution in [0.4, 0.5) is 10.5 Å². The molecule has 0 unspecified atom stereocenters. The van der Waals surface area contributed by atoms with Crippen molar-refractivity contribution in [1.29, 1.82) is 0 Å². The monoisotopic (exact) mass is 244 g/mol. The Labute approximate surface area is 106 Å². The van der Waals surface area contributed by atoms with E-state index in [0.717, 1.165) is 10.9 Å². The van der Waals surface area contributed by atoms with Crippen molar-refractivity contribution in [2.75, 3.05) is 11.9 Å². The van der Waals surface area contributed by atoms with Gasteiger partial charge in [-0.3, -0.25) is 10.3 Å². The van der Waals surface area contributed by atoms with Crippen LogP contribution in [0.15, 0.2) is 36.5 Å². The molecule has 2 aromatic rings. The largest absolute Gasteiger partial charge is 0.449 e. The summed E-state index contributed by atoms with van der Waals surface area (Å²) >= 11 is 0. The first-order chi connectivity index (χ1) is 8.66. The predicted molar refractivity (Wildman–Crippen MR) is 71.6 cm³/mol. The number of fused-ring (bicyclic) bond motifs is 1. The number of amides is 1. The lowest BCUT2D eigenvalue weighted by Crippen LogP contribution is -2.16. The van der Waals surface area contributed by atoms with Gasteiger partial charge in [-0.05, 0) is 18.1 Å². The zero-order chi connectivity index (χ0) is 13.0. The van der Waals surface area contributed by atoms with Gasteiger partial charge in [-0.25, -0.2) is 4.79 Å². The van der Waals surface area contributed by atoms with Crippen LogP contribution in [0.25, 0.3) is 10.9 Å². The second-order valence-corrected chi connectivity index (χ2v) is 4.50. The zero-order valence-corrected chi connectivity index (χ0v) is 10.5. The number of rotatable bonds is 3. The maximum Gasteiger partial charge on any atom is 0.411 e. The van der Waals surface area contributed by atoms with Crippen molar-refractivity contribution in [2.45, 2.75) is 13.8 Å². The molecule has 0 radical (unpaired) electrons. The fraction of sp³-hybridized carbons (Fsp3) is 0.286. The highest BCUT2D eigenvalue weighted by atomic mass is 16.5. The number of carbonyl (C=O) groups excluding carboxylic acids is 1. The van der Waals surface area contributed by atoms with Gasteiger partial charge in [-0.1, -0.05) is 32.0 Å². The van der Waals surface area contributed by atoms with Crippen LogP contribution in [-0.2, 0) is 4.74 Å². The van der Waals surface area contributed by atoms with Crippen LogP contribution in [-0.4, -0.2) is 17.7 Å². The number of anilines is 1. The van der Waals surface area contributed by atoms with E-state index in [9.17, 15) is 4.79 Å². The molecule has 0 saturated carbocycles. The van der Waals surface area contributed by atoms with Crippen molar-refractivity contribution >= 4 is 22.7 Å². The Morgan fingerprint density at radius 3 is 2.89 bits per heavy atom. The molecule has 0 bridgehead atoms. The molecule has 0 fully saturated rings. The number of hydrogen-bond acceptors (Lipinski definition) is 3. The highest BCUT2D eigenvalue weighted by molar-refractivity contribution is 5.97. The van der Waals surface area contributed by atoms with Crippen LogP contribution < -0.4 is 5.32 Å². The smallest absolute Gasteiger partial charge is 0.411 e. The average molecular weight is 244 g/mol. The molecule has 18 heavy (non-hydrogen) atoms. The molecule has 4 nitrogen and oxygen atoms in total. The summed E-state index contributed by atoms with van der Waals surface area (Å²) in [6.07, 6.45) is 1.26. The first-order valence-corrected chi connectivity index (χ1v) is 5.94. The van der Waals surface area contributed by atoms with Gasteiger partial charge in [0.2, 0.25) is 0 Å². The number of benzene rings is 1. The van der Waals surface area contributed by atoms with E-state index < -0.39 is 6.09 Å². The lowest BCUT2D eigenvalue weighted by Gasteiger charge is -2.10. The summed E-state index contributed by atoms with van der Waals surface area (Å²) in [6, 6.07) is 9.46. The Balaban J connectivity index is 2.14. The Bertz CT molecular complexity index is 547. The van der Waals surface area contributed by atoms with Crippen molar-refractivity contribution in [1.82, 2.24) is 4.98 Å². The minimum absolute atomic E-state index is 0.321. The summed E-state index contributed by atoms with van der Waals surface area (Å²) in [7, 11) is 0. The third-order valence-electron chi connectivity index (χ3n) is 2.42. The topological polar surface area (TPSA) is 51.2 Å². The highest BCUT2D eigenvalue weighted by Crippen LogP contribution is 2.20. The van der Waals surface area contributed by atoms with Crippen LogP contribution in [0.2, 0.25) is 0 Å². The SMILES string of the molecule is CC(C)COC(=O)Nc1cccc2cccnc12. The van der Waals surface area contributed by atoms with Crippen molar-refractivity contribution in [3.8, 4) is 0 Å². The van der Waals surface area contributed by atoms with E-state index in [4.69, 9.17) is 4.74 Å². The molecule has 2 rings (SSSR count). The van der Waals surface area contributed by atoms with Crippen molar-refractivity contribution in [3.63, 3.8) is 0 Å². The summed E-state index contributed by atoms with van der Waals surface area (Å²) in [4.78, 5) is 15.9. The molecule has 0 aliphatic carbocycles. The molecule has 0 spiro atoms. The third kappa shape index (κ3) is 2.97. The van der Waals surface area contributed by atoms with Crippen LogP contribution in [0.3, 0.4) is 0 Å². The number of nitrogens with one attached hydrogen (secondary N) is 1. The molecule has 0 aliphatic rings. The molecule has 94 valence electrons. The van der Waals surface area contributed by atoms with Gasteiger partial charge in [0.1, 0.15) is 0 Å². The molecule has 1 aromatic heterocycles. The molecule has 0 saturated heterocycles. The van der Waals surface area contributed by atoms with Crippen LogP contribution in [0, 0.1) is 5.92 Å². The van der Waals surface area contributed by atoms with E-state index >= 15 is 0 Å². The maximum atomic E-state index is 11.6. The number of hydrogen-bond donors (Lipinski definition) is 1. The van der Waals surface area contributed by atoms with Gasteiger partial charge in [0.25, 0.3) is 0 Å². The van der Waals surface area contributed by atoms with Crippen LogP contribution >= 0.6 is 0 Å². The van der Waals surface area contributed by atoms with Gasteiger partial charge in [-0.15, -0.1) is 0 Å². The summed E-state index contributed by atoms with van der Waals surface area (Å²) in [6.45, 7) is 4.39. The van der Waals surface area contributed by atoms with E-state index in [2.05, 4.69) is 10.3 Å². The normalized spacial score (nSPS) is 10.6. The summed E-state index contributed by atoms with van der Waals surface area (Å²) < 4.78 is 5.08. The van der Waals surface area contributed by atoms with Crippen LogP contribution in [0.1, 0.15) is 13.8 Å². The van der Waals surface area contributed by atoms with Gasteiger partial charge in [0.15, 0.2) is 0 Å². The summed E-state index contributed by atoms with van der Waals surface area (Å²) in [5, 5.41) is 3.70. The quantitative estimate of drug-likeness (QED) is 0.899. The molecule has 1 aromatic carbocycles. The molecule has 1 N–H and O–H groups in total. The summed E-state index contributed by atoms with van der Waals surface area (Å²) in [5.41, 5.74) is 1.43. The molecular weight excluding hydrogens is 228 g/mol. The summed E-state index contributed by atoms with van der Waals surface area (Å²) in [5.74, 6) is 0.321. The van der Waals surface area contributed by atoms with E-state index in [0.29, 0.717) is 18.2 Å². The lowest BCUT2D eigenvalue weighted by molar-refractivity contribution is 0.147. The van der Waals surface area contributed by atoms with E-state index in [1.165, 1.54) is 0 Å². The predicted octanol–water partition coefficient (Wildman–Crippen LogP) is 3.44. The molecule has 1 heterocycles. The van der Waals surface area contributed by atoms with Crippen molar-refractivity contribution in [3.05, 3.63) is 36.5 Å². The Morgan fingerprint density at radius 1 is 1.33 bits per heavy atom. The Morgan fingerprint density at radius 2 is 2.11 bits per heavy atom. The third-order valence-corrected chi connectivity index (χ3v) is 2.42. The number of para-hydroxylation sites is 1. The van der Waals surface area contributed by atoms with E-state index in [1.807, 2.05) is 44.2 Å². The number of nitrogens with zero attached hydrogens (tertiary/aromatic N) is 1. The lowest BCUT2D eigenvalue weighted by atomic mass is 10.2. The maximum absolute atomic E-state index is 11.6. The van der Waals surface area contributed by atoms with E-state index in [-0.39, 0.29) is 0 Å². The molecule has 4 heteroatoms. The first-order valence-electron chi connectivity index (χ1n) is 5.94. The van der Waals surface area contributed by atoms with E-state index in [1.54, 1.807) is 6.20 Å². The fourth-order valence-electron chi connectivity index (χ4n) is 1.59. The molecular formula is C14H16N2O2. The number of ether oxygens (including phenoxy) is 1. The Hall–Kier alpha value is -2.10. The molecule has 0 atom stereocenters. The van der Waals surface area contributed by atoms with Crippen LogP contribution in [0.5, 0.6) is 0 Å². The fourth-order valence-corrected chi connectivity index (χ4v) is 1.59. The number of pyridine rings is 1. The minimum atomic E-state index is -0.443. The van der Waals surface area contributed by atoms with Gasteiger partial charge in [0, 0.05) is 11.6 Å². The van der Waals surface area contributed by atoms with Gasteiger partial charge in [0.05, 0.1) is 17.8 Å². The first kappa shape index (κ1) is 12.4. The standard InChI is InChI=1S/C14H16N2O2/c1-10(2)9-18-14(17)16-12-7-3-5-11-6-4-8-15-13(11)12/h3-8,10H,9H2,1-2H3,(H,16,17). The Kier molecular flexibility index (Phi) is 3.77. The second kappa shape index (κ2) is 5.49. The zero-order valence-electron chi connectivity index (χ0n) is 10.5. The van der Waals surface area contributed by atoms with Gasteiger partial charge >= 0.3 is 6.09 Å². The van der Waals surface area contributed by atoms with Gasteiger partial charge < -0.3 is 4.74 Å².